The minimum absolute atomic E-state index is 0.163. The second-order valence-corrected chi connectivity index (χ2v) is 6.71. The first kappa shape index (κ1) is 18.7. The first-order valence-corrected chi connectivity index (χ1v) is 9.32. The van der Waals surface area contributed by atoms with Gasteiger partial charge in [-0.05, 0) is 49.7 Å². The van der Waals surface area contributed by atoms with Crippen LogP contribution in [0.1, 0.15) is 33.3 Å². The van der Waals surface area contributed by atoms with E-state index in [1.165, 1.54) is 0 Å². The maximum absolute atomic E-state index is 12.2. The first-order valence-electron chi connectivity index (χ1n) is 9.32. The summed E-state index contributed by atoms with van der Waals surface area (Å²) < 4.78 is 12.8. The number of amides is 1. The van der Waals surface area contributed by atoms with Crippen molar-refractivity contribution in [1.29, 1.82) is 0 Å². The number of nitrogens with one attached hydrogen (secondary N) is 1. The van der Waals surface area contributed by atoms with Crippen molar-refractivity contribution in [2.24, 2.45) is 0 Å². The summed E-state index contributed by atoms with van der Waals surface area (Å²) in [6.45, 7) is 4.56. The Labute approximate surface area is 167 Å². The Morgan fingerprint density at radius 3 is 2.72 bits per heavy atom. The van der Waals surface area contributed by atoms with Gasteiger partial charge in [0, 0.05) is 30.9 Å². The minimum atomic E-state index is -0.163. The van der Waals surface area contributed by atoms with E-state index in [1.54, 1.807) is 31.2 Å². The molecule has 0 saturated heterocycles. The summed E-state index contributed by atoms with van der Waals surface area (Å²) in [7, 11) is 0. The number of hydrogen-bond donors (Lipinski definition) is 1. The molecule has 4 aromatic rings. The molecule has 8 heteroatoms. The van der Waals surface area contributed by atoms with Crippen LogP contribution in [0.25, 0.3) is 5.65 Å². The minimum Gasteiger partial charge on any atom is -0.487 e. The molecule has 148 valence electrons. The summed E-state index contributed by atoms with van der Waals surface area (Å²) in [6, 6.07) is 11.0. The van der Waals surface area contributed by atoms with Gasteiger partial charge in [-0.25, -0.2) is 4.98 Å². The Morgan fingerprint density at radius 2 is 2.00 bits per heavy atom. The average molecular weight is 391 g/mol. The van der Waals surface area contributed by atoms with Gasteiger partial charge in [0.25, 0.3) is 5.91 Å². The normalized spacial score (nSPS) is 11.0. The molecule has 1 amide bonds. The lowest BCUT2D eigenvalue weighted by molar-refractivity contribution is 0.0953. The summed E-state index contributed by atoms with van der Waals surface area (Å²) in [4.78, 5) is 20.9. The Hall–Kier alpha value is -3.68. The van der Waals surface area contributed by atoms with Crippen molar-refractivity contribution in [3.05, 3.63) is 77.3 Å². The van der Waals surface area contributed by atoms with Crippen LogP contribution in [0.15, 0.2) is 53.3 Å². The molecule has 0 spiro atoms. The third kappa shape index (κ3) is 4.43. The topological polar surface area (TPSA) is 94.5 Å². The van der Waals surface area contributed by atoms with E-state index in [4.69, 9.17) is 9.26 Å². The molecule has 1 N–H and O–H groups in total. The largest absolute Gasteiger partial charge is 0.487 e. The van der Waals surface area contributed by atoms with E-state index in [0.717, 1.165) is 16.9 Å². The predicted octanol–water partition coefficient (Wildman–Crippen LogP) is 2.89. The number of carbonyl (C=O) groups is 1. The van der Waals surface area contributed by atoms with Gasteiger partial charge in [0.1, 0.15) is 18.0 Å². The average Bonchev–Trinajstić information content (AvgIpc) is 3.33. The zero-order chi connectivity index (χ0) is 20.2. The van der Waals surface area contributed by atoms with Crippen LogP contribution in [0.5, 0.6) is 5.75 Å². The molecule has 8 nitrogen and oxygen atoms in total. The Bertz CT molecular complexity index is 1130. The van der Waals surface area contributed by atoms with Crippen LogP contribution in [0.3, 0.4) is 0 Å². The van der Waals surface area contributed by atoms with Crippen LogP contribution < -0.4 is 10.1 Å². The predicted molar refractivity (Wildman–Crippen MR) is 106 cm³/mol. The molecule has 3 heterocycles. The molecule has 0 atom stereocenters. The highest BCUT2D eigenvalue weighted by atomic mass is 16.5. The van der Waals surface area contributed by atoms with Gasteiger partial charge in [0.2, 0.25) is 5.89 Å². The van der Waals surface area contributed by atoms with Crippen LogP contribution in [0.4, 0.5) is 0 Å². The Kier molecular flexibility index (Phi) is 5.24. The van der Waals surface area contributed by atoms with E-state index in [1.807, 2.05) is 35.9 Å². The van der Waals surface area contributed by atoms with E-state index in [2.05, 4.69) is 20.4 Å². The monoisotopic (exact) mass is 391 g/mol. The molecule has 0 fully saturated rings. The number of ether oxygens (including phenoxy) is 1. The lowest BCUT2D eigenvalue weighted by Gasteiger charge is -2.06. The molecule has 3 aromatic heterocycles. The van der Waals surface area contributed by atoms with Crippen LogP contribution in [0.2, 0.25) is 0 Å². The molecule has 0 aliphatic carbocycles. The van der Waals surface area contributed by atoms with Gasteiger partial charge in [0.15, 0.2) is 5.82 Å². The number of aromatic nitrogens is 4. The van der Waals surface area contributed by atoms with E-state index >= 15 is 0 Å². The number of imidazole rings is 1. The molecule has 0 bridgehead atoms. The second kappa shape index (κ2) is 8.14. The van der Waals surface area contributed by atoms with Gasteiger partial charge >= 0.3 is 0 Å². The van der Waals surface area contributed by atoms with Crippen LogP contribution in [0, 0.1) is 13.8 Å². The summed E-state index contributed by atoms with van der Waals surface area (Å²) in [6.07, 6.45) is 4.41. The summed E-state index contributed by atoms with van der Waals surface area (Å²) >= 11 is 0. The van der Waals surface area contributed by atoms with Crippen molar-refractivity contribution in [3.8, 4) is 5.75 Å². The highest BCUT2D eigenvalue weighted by molar-refractivity contribution is 5.94. The van der Waals surface area contributed by atoms with E-state index in [0.29, 0.717) is 42.6 Å². The smallest absolute Gasteiger partial charge is 0.251 e. The fourth-order valence-electron chi connectivity index (χ4n) is 2.96. The Balaban J connectivity index is 1.30. The molecular formula is C21H21N5O3. The lowest BCUT2D eigenvalue weighted by Crippen LogP contribution is -2.25. The summed E-state index contributed by atoms with van der Waals surface area (Å²) in [5.41, 5.74) is 3.44. The number of benzene rings is 1. The molecule has 0 radical (unpaired) electrons. The maximum atomic E-state index is 12.2. The van der Waals surface area contributed by atoms with Gasteiger partial charge in [-0.3, -0.25) is 4.79 Å². The van der Waals surface area contributed by atoms with E-state index in [9.17, 15) is 4.79 Å². The van der Waals surface area contributed by atoms with E-state index < -0.39 is 0 Å². The molecule has 0 unspecified atom stereocenters. The highest BCUT2D eigenvalue weighted by Crippen LogP contribution is 2.15. The van der Waals surface area contributed by atoms with E-state index in [-0.39, 0.29) is 5.91 Å². The van der Waals surface area contributed by atoms with Crippen LogP contribution in [-0.4, -0.2) is 32.0 Å². The zero-order valence-corrected chi connectivity index (χ0v) is 16.3. The van der Waals surface area contributed by atoms with Crippen LogP contribution >= 0.6 is 0 Å². The number of rotatable bonds is 7. The Morgan fingerprint density at radius 1 is 1.17 bits per heavy atom. The SMILES string of the molecule is Cc1noc(CCNC(=O)c2ccc(OCc3cn4cccc(C)c4n3)cc2)n1. The van der Waals surface area contributed by atoms with Gasteiger partial charge in [-0.1, -0.05) is 11.2 Å². The van der Waals surface area contributed by atoms with Gasteiger partial charge in [-0.15, -0.1) is 0 Å². The van der Waals surface area contributed by atoms with Crippen molar-refractivity contribution in [2.45, 2.75) is 26.9 Å². The number of pyridine rings is 1. The lowest BCUT2D eigenvalue weighted by atomic mass is 10.2. The standard InChI is InChI=1S/C21H21N5O3/c1-14-4-3-11-26-12-17(24-20(14)26)13-28-18-7-5-16(6-8-18)21(27)22-10-9-19-23-15(2)25-29-19/h3-8,11-12H,9-10,13H2,1-2H3,(H,22,27). The van der Waals surface area contributed by atoms with Gasteiger partial charge in [0.05, 0.1) is 5.69 Å². The molecule has 0 saturated carbocycles. The fraction of sp³-hybridized carbons (Fsp3) is 0.238. The number of aryl methyl sites for hydroxylation is 2. The molecule has 1 aromatic carbocycles. The highest BCUT2D eigenvalue weighted by Gasteiger charge is 2.08. The van der Waals surface area contributed by atoms with Crippen molar-refractivity contribution in [1.82, 2.24) is 24.8 Å². The number of nitrogens with zero attached hydrogens (tertiary/aromatic N) is 4. The summed E-state index contributed by atoms with van der Waals surface area (Å²) in [5, 5.41) is 6.55. The maximum Gasteiger partial charge on any atom is 0.251 e. The third-order valence-corrected chi connectivity index (χ3v) is 4.43. The van der Waals surface area contributed by atoms with Gasteiger partial charge in [-0.2, -0.15) is 4.98 Å². The number of fused-ring (bicyclic) bond motifs is 1. The second-order valence-electron chi connectivity index (χ2n) is 6.71. The van der Waals surface area contributed by atoms with Crippen molar-refractivity contribution in [3.63, 3.8) is 0 Å². The molecule has 0 aliphatic rings. The zero-order valence-electron chi connectivity index (χ0n) is 16.3. The molecule has 4 rings (SSSR count). The molecule has 29 heavy (non-hydrogen) atoms. The third-order valence-electron chi connectivity index (χ3n) is 4.43. The van der Waals surface area contributed by atoms with Crippen LogP contribution in [-0.2, 0) is 13.0 Å². The van der Waals surface area contributed by atoms with Gasteiger partial charge < -0.3 is 19.0 Å². The quantitative estimate of drug-likeness (QED) is 0.521. The number of hydrogen-bond acceptors (Lipinski definition) is 6. The van der Waals surface area contributed by atoms with Crippen molar-refractivity contribution < 1.29 is 14.1 Å². The van der Waals surface area contributed by atoms with Crippen molar-refractivity contribution >= 4 is 11.6 Å². The molecular weight excluding hydrogens is 370 g/mol. The molecule has 0 aliphatic heterocycles. The fourth-order valence-corrected chi connectivity index (χ4v) is 2.96. The summed E-state index contributed by atoms with van der Waals surface area (Å²) in [5.74, 6) is 1.61. The van der Waals surface area contributed by atoms with Crippen molar-refractivity contribution in [2.75, 3.05) is 6.54 Å². The number of carbonyl (C=O) groups excluding carboxylic acids is 1. The first-order chi connectivity index (χ1) is 14.1.